The summed E-state index contributed by atoms with van der Waals surface area (Å²) in [5.74, 6) is 2.19. The Kier molecular flexibility index (Phi) is 9.96. The third-order valence-corrected chi connectivity index (χ3v) is 10.9. The van der Waals surface area contributed by atoms with E-state index in [1.165, 1.54) is 47.2 Å². The van der Waals surface area contributed by atoms with Gasteiger partial charge in [-0.2, -0.15) is 5.10 Å². The van der Waals surface area contributed by atoms with Crippen LogP contribution in [0.15, 0.2) is 48.5 Å². The van der Waals surface area contributed by atoms with Crippen molar-refractivity contribution < 1.29 is 14.6 Å². The molecule has 3 aromatic rings. The maximum atomic E-state index is 12.5. The minimum Gasteiger partial charge on any atom is -0.494 e. The van der Waals surface area contributed by atoms with E-state index in [1.807, 2.05) is 19.1 Å². The van der Waals surface area contributed by atoms with Crippen LogP contribution in [0, 0.1) is 32.6 Å². The minimum atomic E-state index is -0.639. The lowest BCUT2D eigenvalue weighted by Gasteiger charge is -2.35. The van der Waals surface area contributed by atoms with Crippen molar-refractivity contribution in [2.45, 2.75) is 90.6 Å². The van der Waals surface area contributed by atoms with Gasteiger partial charge in [-0.15, -0.1) is 0 Å². The second kappa shape index (κ2) is 14.1. The molecule has 3 atom stereocenters. The molecule has 2 saturated heterocycles. The Bertz CT molecular complexity index is 1440. The number of carboxylic acid groups (broad SMARTS) is 1. The van der Waals surface area contributed by atoms with Crippen LogP contribution in [0.2, 0.25) is 0 Å². The maximum absolute atomic E-state index is 12.5. The molecule has 0 spiro atoms. The highest BCUT2D eigenvalue weighted by atomic mass is 16.5. The molecule has 1 aliphatic carbocycles. The Labute approximate surface area is 269 Å². The molecule has 0 bridgehead atoms. The van der Waals surface area contributed by atoms with Crippen molar-refractivity contribution in [3.8, 4) is 5.75 Å². The number of benzene rings is 2. The van der Waals surface area contributed by atoms with E-state index in [0.717, 1.165) is 70.0 Å². The van der Waals surface area contributed by atoms with E-state index < -0.39 is 5.97 Å². The van der Waals surface area contributed by atoms with Gasteiger partial charge >= 0.3 is 5.97 Å². The van der Waals surface area contributed by atoms with Crippen LogP contribution in [0.1, 0.15) is 90.9 Å². The quantitative estimate of drug-likeness (QED) is 0.243. The van der Waals surface area contributed by atoms with Gasteiger partial charge in [0.15, 0.2) is 0 Å². The summed E-state index contributed by atoms with van der Waals surface area (Å²) < 4.78 is 7.79. The van der Waals surface area contributed by atoms with Crippen LogP contribution in [-0.2, 0) is 11.3 Å². The van der Waals surface area contributed by atoms with Gasteiger partial charge in [0, 0.05) is 31.2 Å². The molecule has 3 heterocycles. The summed E-state index contributed by atoms with van der Waals surface area (Å²) >= 11 is 0. The van der Waals surface area contributed by atoms with Crippen molar-refractivity contribution >= 4 is 5.97 Å². The van der Waals surface area contributed by atoms with Gasteiger partial charge in [0.1, 0.15) is 11.8 Å². The van der Waals surface area contributed by atoms with E-state index in [0.29, 0.717) is 30.3 Å². The highest BCUT2D eigenvalue weighted by Gasteiger charge is 2.41. The Balaban J connectivity index is 1.11. The van der Waals surface area contributed by atoms with Crippen LogP contribution in [0.3, 0.4) is 0 Å². The number of rotatable bonds is 12. The molecule has 7 nitrogen and oxygen atoms in total. The van der Waals surface area contributed by atoms with E-state index >= 15 is 0 Å². The number of carboxylic acids is 1. The smallest absolute Gasteiger partial charge is 0.320 e. The SMILES string of the molecule is CCOc1ccc(Cn2nc(C)c(C3CCN(C[C@H]4CN([C@H](CC5CCC5)C(=O)O)C[C@@H]4c4cccc(C)c4)CC3)c2C)cc1. The van der Waals surface area contributed by atoms with Gasteiger partial charge < -0.3 is 14.7 Å². The van der Waals surface area contributed by atoms with Crippen LogP contribution in [0.25, 0.3) is 0 Å². The van der Waals surface area contributed by atoms with Crippen molar-refractivity contribution in [3.05, 3.63) is 82.2 Å². The van der Waals surface area contributed by atoms with E-state index in [9.17, 15) is 9.90 Å². The third kappa shape index (κ3) is 7.30. The first-order chi connectivity index (χ1) is 21.8. The Morgan fingerprint density at radius 2 is 1.78 bits per heavy atom. The fourth-order valence-corrected chi connectivity index (χ4v) is 8.29. The van der Waals surface area contributed by atoms with Crippen LogP contribution in [0.5, 0.6) is 5.75 Å². The Morgan fingerprint density at radius 3 is 2.42 bits per heavy atom. The summed E-state index contributed by atoms with van der Waals surface area (Å²) in [6, 6.07) is 16.9. The number of aromatic nitrogens is 2. The van der Waals surface area contributed by atoms with E-state index in [-0.39, 0.29) is 6.04 Å². The van der Waals surface area contributed by atoms with Crippen LogP contribution in [-0.4, -0.2) is 76.0 Å². The van der Waals surface area contributed by atoms with Crippen LogP contribution >= 0.6 is 0 Å². The molecule has 7 heteroatoms. The molecule has 45 heavy (non-hydrogen) atoms. The molecule has 0 amide bonds. The number of likely N-dealkylation sites (tertiary alicyclic amines) is 2. The van der Waals surface area contributed by atoms with Gasteiger partial charge in [0.25, 0.3) is 0 Å². The van der Waals surface area contributed by atoms with Crippen molar-refractivity contribution in [2.24, 2.45) is 11.8 Å². The second-order valence-corrected chi connectivity index (χ2v) is 14.0. The van der Waals surface area contributed by atoms with Crippen molar-refractivity contribution in [1.82, 2.24) is 19.6 Å². The first-order valence-corrected chi connectivity index (χ1v) is 17.3. The number of aliphatic carboxylic acids is 1. The van der Waals surface area contributed by atoms with Gasteiger partial charge in [0.2, 0.25) is 0 Å². The fraction of sp³-hybridized carbons (Fsp3) is 0.579. The molecule has 3 fully saturated rings. The predicted octanol–water partition coefficient (Wildman–Crippen LogP) is 6.79. The van der Waals surface area contributed by atoms with Crippen molar-refractivity contribution in [3.63, 3.8) is 0 Å². The number of carbonyl (C=O) groups is 1. The monoisotopic (exact) mass is 612 g/mol. The molecule has 3 aliphatic rings. The summed E-state index contributed by atoms with van der Waals surface area (Å²) in [6.45, 7) is 14.9. The second-order valence-electron chi connectivity index (χ2n) is 14.0. The molecule has 0 radical (unpaired) electrons. The zero-order valence-corrected chi connectivity index (χ0v) is 27.8. The number of nitrogens with zero attached hydrogens (tertiary/aromatic N) is 4. The molecule has 1 saturated carbocycles. The predicted molar refractivity (Wildman–Crippen MR) is 179 cm³/mol. The lowest BCUT2D eigenvalue weighted by molar-refractivity contribution is -0.144. The summed E-state index contributed by atoms with van der Waals surface area (Å²) in [6.07, 6.45) is 6.72. The van der Waals surface area contributed by atoms with E-state index in [1.54, 1.807) is 0 Å². The molecular formula is C38H52N4O3. The van der Waals surface area contributed by atoms with E-state index in [2.05, 4.69) is 71.7 Å². The first kappa shape index (κ1) is 31.8. The molecule has 1 aromatic heterocycles. The van der Waals surface area contributed by atoms with Gasteiger partial charge in [-0.05, 0) is 107 Å². The lowest BCUT2D eigenvalue weighted by atomic mass is 9.80. The average molecular weight is 613 g/mol. The molecule has 2 aliphatic heterocycles. The zero-order chi connectivity index (χ0) is 31.5. The number of piperidine rings is 1. The van der Waals surface area contributed by atoms with Crippen molar-refractivity contribution in [2.75, 3.05) is 39.3 Å². The summed E-state index contributed by atoms with van der Waals surface area (Å²) in [4.78, 5) is 17.4. The Hall–Kier alpha value is -3.16. The topological polar surface area (TPSA) is 70.8 Å². The fourth-order valence-electron chi connectivity index (χ4n) is 8.29. The largest absolute Gasteiger partial charge is 0.494 e. The number of aryl methyl sites for hydroxylation is 2. The molecule has 0 unspecified atom stereocenters. The van der Waals surface area contributed by atoms with E-state index in [4.69, 9.17) is 9.84 Å². The summed E-state index contributed by atoms with van der Waals surface area (Å²) in [5.41, 5.74) is 7.77. The van der Waals surface area contributed by atoms with Gasteiger partial charge in [-0.1, -0.05) is 61.2 Å². The normalized spacial score (nSPS) is 22.4. The summed E-state index contributed by atoms with van der Waals surface area (Å²) in [5, 5.41) is 15.2. The highest BCUT2D eigenvalue weighted by Crippen LogP contribution is 2.39. The van der Waals surface area contributed by atoms with Gasteiger partial charge in [-0.3, -0.25) is 14.4 Å². The van der Waals surface area contributed by atoms with Crippen LogP contribution < -0.4 is 4.74 Å². The average Bonchev–Trinajstić information content (AvgIpc) is 3.53. The number of hydrogen-bond acceptors (Lipinski definition) is 5. The highest BCUT2D eigenvalue weighted by molar-refractivity contribution is 5.73. The van der Waals surface area contributed by atoms with Gasteiger partial charge in [0.05, 0.1) is 18.8 Å². The Morgan fingerprint density at radius 1 is 1.02 bits per heavy atom. The number of hydrogen-bond donors (Lipinski definition) is 1. The summed E-state index contributed by atoms with van der Waals surface area (Å²) in [7, 11) is 0. The standard InChI is InChI=1S/C38H52N4O3/c1-5-45-34-14-12-30(13-15-34)22-42-28(4)37(27(3)39-42)31-16-18-40(19-17-31)23-33-24-41(36(38(43)44)21-29-9-7-10-29)25-35(33)32-11-6-8-26(2)20-32/h6,8,11-15,20,29,31,33,35-36H,5,7,9-10,16-19,21-25H2,1-4H3,(H,43,44)/t33-,35+,36+/m0/s1. The molecular weight excluding hydrogens is 560 g/mol. The molecule has 6 rings (SSSR count). The molecule has 242 valence electrons. The van der Waals surface area contributed by atoms with Gasteiger partial charge in [-0.25, -0.2) is 0 Å². The molecule has 2 aromatic carbocycles. The molecule has 1 N–H and O–H groups in total. The zero-order valence-electron chi connectivity index (χ0n) is 27.8. The third-order valence-electron chi connectivity index (χ3n) is 10.9. The van der Waals surface area contributed by atoms with Crippen molar-refractivity contribution in [1.29, 1.82) is 0 Å². The maximum Gasteiger partial charge on any atom is 0.320 e. The minimum absolute atomic E-state index is 0.358. The lowest BCUT2D eigenvalue weighted by Crippen LogP contribution is -2.43. The first-order valence-electron chi connectivity index (χ1n) is 17.3. The van der Waals surface area contributed by atoms with Crippen LogP contribution in [0.4, 0.5) is 0 Å². The number of ether oxygens (including phenoxy) is 1.